The molecule has 5 heteroatoms. The molecule has 0 saturated carbocycles. The van der Waals surface area contributed by atoms with Gasteiger partial charge >= 0.3 is 0 Å². The van der Waals surface area contributed by atoms with Gasteiger partial charge in [-0.25, -0.2) is 0 Å². The summed E-state index contributed by atoms with van der Waals surface area (Å²) in [5.41, 5.74) is 0. The molecule has 0 aliphatic carbocycles. The number of nitrogens with one attached hydrogen (secondary N) is 1. The van der Waals surface area contributed by atoms with Crippen molar-refractivity contribution in [2.75, 3.05) is 13.2 Å². The minimum atomic E-state index is -0.298. The Labute approximate surface area is 114 Å². The third-order valence-corrected chi connectivity index (χ3v) is 4.01. The van der Waals surface area contributed by atoms with E-state index < -0.39 is 0 Å². The molecule has 0 spiro atoms. The zero-order valence-corrected chi connectivity index (χ0v) is 11.9. The van der Waals surface area contributed by atoms with Gasteiger partial charge in [0.05, 0.1) is 6.10 Å². The summed E-state index contributed by atoms with van der Waals surface area (Å²) in [5, 5.41) is 3.08. The number of hydrogen-bond donors (Lipinski definition) is 1. The lowest BCUT2D eigenvalue weighted by atomic mass is 10.0. The second-order valence-corrected chi connectivity index (χ2v) is 5.53. The third kappa shape index (κ3) is 3.47. The van der Waals surface area contributed by atoms with Crippen molar-refractivity contribution in [3.05, 3.63) is 0 Å². The maximum absolute atomic E-state index is 12.3. The lowest BCUT2D eigenvalue weighted by molar-refractivity contribution is -0.138. The van der Waals surface area contributed by atoms with E-state index in [1.807, 2.05) is 13.8 Å². The molecule has 0 aromatic rings. The molecule has 19 heavy (non-hydrogen) atoms. The highest BCUT2D eigenvalue weighted by atomic mass is 16.5. The fraction of sp³-hybridized carbons (Fsp3) is 0.857. The lowest BCUT2D eigenvalue weighted by Crippen LogP contribution is -2.51. The predicted octanol–water partition coefficient (Wildman–Crippen LogP) is 1.07. The number of ether oxygens (including phenoxy) is 1. The average molecular weight is 268 g/mol. The number of hydrogen-bond acceptors (Lipinski definition) is 3. The van der Waals surface area contributed by atoms with Crippen LogP contribution < -0.4 is 5.32 Å². The Hall–Kier alpha value is -1.10. The largest absolute Gasteiger partial charge is 0.378 e. The molecule has 2 aliphatic heterocycles. The van der Waals surface area contributed by atoms with Crippen molar-refractivity contribution in [3.8, 4) is 0 Å². The molecule has 1 N–H and O–H groups in total. The summed E-state index contributed by atoms with van der Waals surface area (Å²) < 4.78 is 5.48. The average Bonchev–Trinajstić information content (AvgIpc) is 2.77. The molecule has 0 unspecified atom stereocenters. The van der Waals surface area contributed by atoms with Crippen LogP contribution in [0.3, 0.4) is 0 Å². The van der Waals surface area contributed by atoms with Crippen LogP contribution >= 0.6 is 0 Å². The first-order valence-corrected chi connectivity index (χ1v) is 7.33. The standard InChI is InChI=1S/C14H24N2O3/c1-3-12(16-7-4-5-13(16)17)14(18)15-11-6-8-19-10(2)9-11/h10-12H,3-9H2,1-2H3,(H,15,18)/t10-,11+,12+/m0/s1. The Bertz CT molecular complexity index is 346. The summed E-state index contributed by atoms with van der Waals surface area (Å²) in [6.45, 7) is 5.41. The fourth-order valence-corrected chi connectivity index (χ4v) is 2.97. The Balaban J connectivity index is 1.91. The van der Waals surface area contributed by atoms with Gasteiger partial charge in [0, 0.05) is 25.6 Å². The first-order chi connectivity index (χ1) is 9.11. The number of rotatable bonds is 4. The summed E-state index contributed by atoms with van der Waals surface area (Å²) >= 11 is 0. The van der Waals surface area contributed by atoms with Crippen LogP contribution in [0.2, 0.25) is 0 Å². The topological polar surface area (TPSA) is 58.6 Å². The molecule has 0 radical (unpaired) electrons. The molecule has 3 atom stereocenters. The molecule has 2 heterocycles. The van der Waals surface area contributed by atoms with Gasteiger partial charge in [-0.1, -0.05) is 6.92 Å². The van der Waals surface area contributed by atoms with Gasteiger partial charge in [-0.05, 0) is 32.6 Å². The molecule has 2 amide bonds. The number of carbonyl (C=O) groups excluding carboxylic acids is 2. The zero-order chi connectivity index (χ0) is 13.8. The van der Waals surface area contributed by atoms with Crippen molar-refractivity contribution in [2.24, 2.45) is 0 Å². The van der Waals surface area contributed by atoms with E-state index in [2.05, 4.69) is 5.32 Å². The van der Waals surface area contributed by atoms with E-state index in [0.717, 1.165) is 25.8 Å². The van der Waals surface area contributed by atoms with E-state index in [4.69, 9.17) is 4.74 Å². The van der Waals surface area contributed by atoms with Crippen LogP contribution in [0, 0.1) is 0 Å². The fourth-order valence-electron chi connectivity index (χ4n) is 2.97. The van der Waals surface area contributed by atoms with Gasteiger partial charge in [-0.3, -0.25) is 9.59 Å². The van der Waals surface area contributed by atoms with Crippen molar-refractivity contribution >= 4 is 11.8 Å². The second-order valence-electron chi connectivity index (χ2n) is 5.53. The van der Waals surface area contributed by atoms with E-state index in [-0.39, 0.29) is 30.0 Å². The molecule has 2 rings (SSSR count). The molecule has 2 aliphatic rings. The summed E-state index contributed by atoms with van der Waals surface area (Å²) in [7, 11) is 0. The van der Waals surface area contributed by atoms with Crippen LogP contribution in [0.5, 0.6) is 0 Å². The molecule has 5 nitrogen and oxygen atoms in total. The minimum Gasteiger partial charge on any atom is -0.378 e. The number of carbonyl (C=O) groups is 2. The van der Waals surface area contributed by atoms with Crippen LogP contribution in [-0.4, -0.2) is 48.1 Å². The maximum Gasteiger partial charge on any atom is 0.243 e. The number of amides is 2. The molecule has 2 saturated heterocycles. The van der Waals surface area contributed by atoms with Crippen molar-refractivity contribution in [1.82, 2.24) is 10.2 Å². The number of nitrogens with zero attached hydrogens (tertiary/aromatic N) is 1. The van der Waals surface area contributed by atoms with Gasteiger partial charge in [0.25, 0.3) is 0 Å². The van der Waals surface area contributed by atoms with Gasteiger partial charge in [-0.15, -0.1) is 0 Å². The smallest absolute Gasteiger partial charge is 0.243 e. The van der Waals surface area contributed by atoms with Gasteiger partial charge in [-0.2, -0.15) is 0 Å². The van der Waals surface area contributed by atoms with Crippen LogP contribution in [0.25, 0.3) is 0 Å². The predicted molar refractivity (Wildman–Crippen MR) is 71.6 cm³/mol. The summed E-state index contributed by atoms with van der Waals surface area (Å²) in [5.74, 6) is 0.110. The van der Waals surface area contributed by atoms with Crippen LogP contribution in [0.1, 0.15) is 46.0 Å². The van der Waals surface area contributed by atoms with Gasteiger partial charge in [0.2, 0.25) is 11.8 Å². The van der Waals surface area contributed by atoms with Crippen molar-refractivity contribution < 1.29 is 14.3 Å². The first-order valence-electron chi connectivity index (χ1n) is 7.33. The van der Waals surface area contributed by atoms with Crippen molar-refractivity contribution in [2.45, 2.75) is 64.1 Å². The lowest BCUT2D eigenvalue weighted by Gasteiger charge is -2.31. The van der Waals surface area contributed by atoms with Gasteiger partial charge in [0.15, 0.2) is 0 Å². The summed E-state index contributed by atoms with van der Waals surface area (Å²) in [6.07, 6.45) is 4.05. The molecular formula is C14H24N2O3. The van der Waals surface area contributed by atoms with Crippen LogP contribution in [0.15, 0.2) is 0 Å². The van der Waals surface area contributed by atoms with E-state index in [9.17, 15) is 9.59 Å². The normalized spacial score (nSPS) is 29.4. The zero-order valence-electron chi connectivity index (χ0n) is 11.9. The first kappa shape index (κ1) is 14.3. The molecular weight excluding hydrogens is 244 g/mol. The van der Waals surface area contributed by atoms with Crippen LogP contribution in [0.4, 0.5) is 0 Å². The van der Waals surface area contributed by atoms with E-state index in [0.29, 0.717) is 19.4 Å². The summed E-state index contributed by atoms with van der Waals surface area (Å²) in [4.78, 5) is 25.8. The van der Waals surface area contributed by atoms with E-state index in [1.54, 1.807) is 4.90 Å². The van der Waals surface area contributed by atoms with Crippen LogP contribution in [-0.2, 0) is 14.3 Å². The van der Waals surface area contributed by atoms with Crippen molar-refractivity contribution in [1.29, 1.82) is 0 Å². The monoisotopic (exact) mass is 268 g/mol. The second kappa shape index (κ2) is 6.37. The summed E-state index contributed by atoms with van der Waals surface area (Å²) in [6, 6.07) is -0.115. The highest BCUT2D eigenvalue weighted by Crippen LogP contribution is 2.18. The van der Waals surface area contributed by atoms with Gasteiger partial charge < -0.3 is 15.0 Å². The van der Waals surface area contributed by atoms with Crippen molar-refractivity contribution in [3.63, 3.8) is 0 Å². The highest BCUT2D eigenvalue weighted by molar-refractivity contribution is 5.88. The molecule has 108 valence electrons. The SMILES string of the molecule is CC[C@H](C(=O)N[C@@H]1CCO[C@@H](C)C1)N1CCCC1=O. The highest BCUT2D eigenvalue weighted by Gasteiger charge is 2.33. The van der Waals surface area contributed by atoms with E-state index >= 15 is 0 Å². The quantitative estimate of drug-likeness (QED) is 0.829. The molecule has 2 fully saturated rings. The van der Waals surface area contributed by atoms with Gasteiger partial charge in [0.1, 0.15) is 6.04 Å². The maximum atomic E-state index is 12.3. The Morgan fingerprint density at radius 2 is 2.37 bits per heavy atom. The number of likely N-dealkylation sites (tertiary alicyclic amines) is 1. The molecule has 0 aromatic carbocycles. The Morgan fingerprint density at radius 3 is 2.95 bits per heavy atom. The molecule has 0 aromatic heterocycles. The Morgan fingerprint density at radius 1 is 1.58 bits per heavy atom. The minimum absolute atomic E-state index is 0.00292. The molecule has 0 bridgehead atoms. The third-order valence-electron chi connectivity index (χ3n) is 4.01. The Kier molecular flexibility index (Phi) is 4.80. The van der Waals surface area contributed by atoms with E-state index in [1.165, 1.54) is 0 Å².